The van der Waals surface area contributed by atoms with Crippen LogP contribution < -0.4 is 0 Å². The van der Waals surface area contributed by atoms with Crippen molar-refractivity contribution in [3.8, 4) is 0 Å². The van der Waals surface area contributed by atoms with Crippen molar-refractivity contribution in [2.45, 2.75) is 60.8 Å². The monoisotopic (exact) mass is 170 g/mol. The van der Waals surface area contributed by atoms with E-state index < -0.39 is 0 Å². The first kappa shape index (κ1) is 12.0. The summed E-state index contributed by atoms with van der Waals surface area (Å²) >= 11 is 0. The highest BCUT2D eigenvalue weighted by Crippen LogP contribution is 2.33. The molecule has 74 valence electrons. The summed E-state index contributed by atoms with van der Waals surface area (Å²) in [4.78, 5) is 0. The van der Waals surface area contributed by atoms with Gasteiger partial charge in [0.05, 0.1) is 0 Å². The molecule has 0 heteroatoms. The molecule has 12 heavy (non-hydrogen) atoms. The molecule has 0 heterocycles. The van der Waals surface area contributed by atoms with Crippen molar-refractivity contribution in [1.29, 1.82) is 0 Å². The van der Waals surface area contributed by atoms with Gasteiger partial charge in [0.15, 0.2) is 0 Å². The normalized spacial score (nSPS) is 15.2. The summed E-state index contributed by atoms with van der Waals surface area (Å²) in [5.74, 6) is 1.72. The third kappa shape index (κ3) is 5.62. The van der Waals surface area contributed by atoms with E-state index in [1.807, 2.05) is 0 Å². The van der Waals surface area contributed by atoms with Crippen molar-refractivity contribution in [3.63, 3.8) is 0 Å². The van der Waals surface area contributed by atoms with Crippen LogP contribution in [-0.4, -0.2) is 0 Å². The minimum atomic E-state index is 0.545. The minimum absolute atomic E-state index is 0.545. The molecule has 0 nitrogen and oxygen atoms in total. The predicted octanol–water partition coefficient (Wildman–Crippen LogP) is 4.49. The summed E-state index contributed by atoms with van der Waals surface area (Å²) in [6.07, 6.45) is 4.06. The fourth-order valence-corrected chi connectivity index (χ4v) is 2.28. The molecule has 1 unspecified atom stereocenters. The van der Waals surface area contributed by atoms with Gasteiger partial charge in [0, 0.05) is 0 Å². The highest BCUT2D eigenvalue weighted by Gasteiger charge is 2.21. The zero-order valence-electron chi connectivity index (χ0n) is 9.78. The Kier molecular flexibility index (Phi) is 4.89. The first-order valence-corrected chi connectivity index (χ1v) is 5.37. The number of rotatable bonds is 5. The topological polar surface area (TPSA) is 0 Å². The molecule has 0 saturated carbocycles. The lowest BCUT2D eigenvalue weighted by Gasteiger charge is -2.29. The van der Waals surface area contributed by atoms with Crippen molar-refractivity contribution >= 4 is 0 Å². The van der Waals surface area contributed by atoms with Gasteiger partial charge >= 0.3 is 0 Å². The van der Waals surface area contributed by atoms with Gasteiger partial charge in [-0.05, 0) is 30.1 Å². The zero-order valence-corrected chi connectivity index (χ0v) is 9.78. The van der Waals surface area contributed by atoms with Gasteiger partial charge in [-0.2, -0.15) is 0 Å². The van der Waals surface area contributed by atoms with E-state index in [1.54, 1.807) is 0 Å². The average molecular weight is 170 g/mol. The summed E-state index contributed by atoms with van der Waals surface area (Å²) in [6, 6.07) is 0. The fourth-order valence-electron chi connectivity index (χ4n) is 2.28. The lowest BCUT2D eigenvalue weighted by molar-refractivity contribution is 0.224. The van der Waals surface area contributed by atoms with Crippen LogP contribution in [0.5, 0.6) is 0 Å². The first-order chi connectivity index (χ1) is 5.37. The lowest BCUT2D eigenvalue weighted by Crippen LogP contribution is -2.17. The van der Waals surface area contributed by atoms with E-state index in [2.05, 4.69) is 41.5 Å². The molecular weight excluding hydrogens is 144 g/mol. The summed E-state index contributed by atoms with van der Waals surface area (Å²) in [5.41, 5.74) is 0.545. The van der Waals surface area contributed by atoms with Gasteiger partial charge in [-0.25, -0.2) is 0 Å². The third-order valence-electron chi connectivity index (χ3n) is 2.56. The second-order valence-corrected chi connectivity index (χ2v) is 5.48. The van der Waals surface area contributed by atoms with Gasteiger partial charge < -0.3 is 0 Å². The molecule has 0 fully saturated rings. The van der Waals surface area contributed by atoms with Gasteiger partial charge in [0.25, 0.3) is 0 Å². The Labute approximate surface area is 78.8 Å². The van der Waals surface area contributed by atoms with Crippen LogP contribution in [0.3, 0.4) is 0 Å². The van der Waals surface area contributed by atoms with Gasteiger partial charge in [0.2, 0.25) is 0 Å². The van der Waals surface area contributed by atoms with Crippen molar-refractivity contribution in [1.82, 2.24) is 0 Å². The molecule has 0 aromatic heterocycles. The molecule has 0 amide bonds. The molecular formula is C12H26. The van der Waals surface area contributed by atoms with E-state index in [9.17, 15) is 0 Å². The Morgan fingerprint density at radius 1 is 1.00 bits per heavy atom. The van der Waals surface area contributed by atoms with E-state index in [-0.39, 0.29) is 0 Å². The maximum Gasteiger partial charge on any atom is -0.0349 e. The summed E-state index contributed by atoms with van der Waals surface area (Å²) < 4.78 is 0. The van der Waals surface area contributed by atoms with Crippen LogP contribution in [0, 0.1) is 17.3 Å². The van der Waals surface area contributed by atoms with Gasteiger partial charge in [-0.1, -0.05) is 48.0 Å². The molecule has 1 atom stereocenters. The van der Waals surface area contributed by atoms with Gasteiger partial charge in [-0.3, -0.25) is 0 Å². The summed E-state index contributed by atoms with van der Waals surface area (Å²) in [6.45, 7) is 14.1. The molecule has 0 aliphatic heterocycles. The summed E-state index contributed by atoms with van der Waals surface area (Å²) in [5, 5.41) is 0. The minimum Gasteiger partial charge on any atom is -0.0651 e. The van der Waals surface area contributed by atoms with Gasteiger partial charge in [0.1, 0.15) is 0 Å². The van der Waals surface area contributed by atoms with E-state index in [1.165, 1.54) is 19.3 Å². The van der Waals surface area contributed by atoms with Gasteiger partial charge in [-0.15, -0.1) is 0 Å². The summed E-state index contributed by atoms with van der Waals surface area (Å²) in [7, 11) is 0. The highest BCUT2D eigenvalue weighted by atomic mass is 14.3. The van der Waals surface area contributed by atoms with Crippen molar-refractivity contribution < 1.29 is 0 Å². The molecule has 0 bridgehead atoms. The van der Waals surface area contributed by atoms with Crippen LogP contribution >= 0.6 is 0 Å². The van der Waals surface area contributed by atoms with Crippen LogP contribution in [0.4, 0.5) is 0 Å². The predicted molar refractivity (Wildman–Crippen MR) is 57.3 cm³/mol. The first-order valence-electron chi connectivity index (χ1n) is 5.37. The Bertz CT molecular complexity index is 111. The molecule has 0 saturated heterocycles. The number of hydrogen-bond acceptors (Lipinski definition) is 0. The molecule has 0 aliphatic rings. The molecule has 0 spiro atoms. The van der Waals surface area contributed by atoms with Crippen molar-refractivity contribution in [2.24, 2.45) is 17.3 Å². The Morgan fingerprint density at radius 3 is 1.83 bits per heavy atom. The molecule has 0 aromatic carbocycles. The quantitative estimate of drug-likeness (QED) is 0.570. The molecule has 0 aromatic rings. The zero-order chi connectivity index (χ0) is 9.78. The lowest BCUT2D eigenvalue weighted by atomic mass is 9.77. The maximum absolute atomic E-state index is 2.40. The smallest absolute Gasteiger partial charge is 0.0349 e. The molecule has 0 aliphatic carbocycles. The van der Waals surface area contributed by atoms with Crippen LogP contribution in [0.15, 0.2) is 0 Å². The Hall–Kier alpha value is 0. The van der Waals surface area contributed by atoms with Crippen LogP contribution in [0.2, 0.25) is 0 Å². The molecule has 0 radical (unpaired) electrons. The Morgan fingerprint density at radius 2 is 1.50 bits per heavy atom. The van der Waals surface area contributed by atoms with Crippen molar-refractivity contribution in [3.05, 3.63) is 0 Å². The van der Waals surface area contributed by atoms with Crippen LogP contribution in [0.25, 0.3) is 0 Å². The third-order valence-corrected chi connectivity index (χ3v) is 2.56. The van der Waals surface area contributed by atoms with E-state index >= 15 is 0 Å². The number of hydrogen-bond donors (Lipinski definition) is 0. The second kappa shape index (κ2) is 4.89. The fraction of sp³-hybridized carbons (Fsp3) is 1.00. The van der Waals surface area contributed by atoms with E-state index in [0.29, 0.717) is 5.41 Å². The standard InChI is InChI=1S/C12H26/c1-7-11(4)9-12(5,6)8-10(2)3/h10-11H,7-9H2,1-6H3. The second-order valence-electron chi connectivity index (χ2n) is 5.48. The van der Waals surface area contributed by atoms with E-state index in [0.717, 1.165) is 11.8 Å². The van der Waals surface area contributed by atoms with E-state index in [4.69, 9.17) is 0 Å². The van der Waals surface area contributed by atoms with Crippen LogP contribution in [-0.2, 0) is 0 Å². The van der Waals surface area contributed by atoms with Crippen LogP contribution in [0.1, 0.15) is 60.8 Å². The highest BCUT2D eigenvalue weighted by molar-refractivity contribution is 4.72. The Balaban J connectivity index is 3.85. The molecule has 0 rings (SSSR count). The largest absolute Gasteiger partial charge is 0.0651 e. The van der Waals surface area contributed by atoms with Crippen molar-refractivity contribution in [2.75, 3.05) is 0 Å². The molecule has 0 N–H and O–H groups in total. The maximum atomic E-state index is 2.40. The average Bonchev–Trinajstić information content (AvgIpc) is 1.83. The SMILES string of the molecule is CCC(C)CC(C)(C)CC(C)C.